The fourth-order valence-electron chi connectivity index (χ4n) is 1.58. The first-order valence-electron chi connectivity index (χ1n) is 4.94. The molecular weight excluding hydrogens is 208 g/mol. The van der Waals surface area contributed by atoms with E-state index in [0.29, 0.717) is 24.2 Å². The summed E-state index contributed by atoms with van der Waals surface area (Å²) in [6.07, 6.45) is 3.24. The van der Waals surface area contributed by atoms with E-state index < -0.39 is 0 Å². The molecule has 84 valence electrons. The van der Waals surface area contributed by atoms with Crippen molar-refractivity contribution in [1.82, 2.24) is 15.6 Å². The van der Waals surface area contributed by atoms with Crippen LogP contribution >= 0.6 is 0 Å². The third-order valence-electron chi connectivity index (χ3n) is 2.41. The molecule has 0 spiro atoms. The van der Waals surface area contributed by atoms with Crippen molar-refractivity contribution in [2.75, 3.05) is 12.3 Å². The van der Waals surface area contributed by atoms with E-state index >= 15 is 0 Å². The smallest absolute Gasteiger partial charge is 0.253 e. The van der Waals surface area contributed by atoms with E-state index in [2.05, 4.69) is 15.6 Å². The molecule has 2 heterocycles. The van der Waals surface area contributed by atoms with Gasteiger partial charge in [0.1, 0.15) is 0 Å². The first-order valence-corrected chi connectivity index (χ1v) is 4.94. The van der Waals surface area contributed by atoms with Gasteiger partial charge in [-0.15, -0.1) is 0 Å². The average Bonchev–Trinajstić information content (AvgIpc) is 2.64. The van der Waals surface area contributed by atoms with E-state index in [0.717, 1.165) is 0 Å². The Bertz CT molecular complexity index is 433. The Labute approximate surface area is 92.2 Å². The molecule has 0 bridgehead atoms. The van der Waals surface area contributed by atoms with Crippen LogP contribution in [-0.2, 0) is 4.79 Å². The molecule has 0 aromatic carbocycles. The van der Waals surface area contributed by atoms with Crippen molar-refractivity contribution in [3.63, 3.8) is 0 Å². The van der Waals surface area contributed by atoms with Crippen LogP contribution in [0.2, 0.25) is 0 Å². The number of pyridine rings is 1. The minimum atomic E-state index is -0.276. The number of nitrogens with one attached hydrogen (secondary N) is 2. The highest BCUT2D eigenvalue weighted by Crippen LogP contribution is 2.09. The van der Waals surface area contributed by atoms with E-state index in [1.165, 1.54) is 12.4 Å². The first kappa shape index (κ1) is 10.4. The molecular formula is C10H12N4O2. The summed E-state index contributed by atoms with van der Waals surface area (Å²) in [6.45, 7) is 0.468. The van der Waals surface area contributed by atoms with Gasteiger partial charge in [-0.1, -0.05) is 0 Å². The number of nitrogens with zero attached hydrogens (tertiary/aromatic N) is 1. The lowest BCUT2D eigenvalue weighted by molar-refractivity contribution is -0.119. The van der Waals surface area contributed by atoms with Crippen LogP contribution in [0, 0.1) is 0 Å². The molecule has 1 aromatic heterocycles. The Hall–Kier alpha value is -2.11. The molecule has 16 heavy (non-hydrogen) atoms. The summed E-state index contributed by atoms with van der Waals surface area (Å²) in [6, 6.07) is 1.39. The van der Waals surface area contributed by atoms with Gasteiger partial charge in [0.25, 0.3) is 5.91 Å². The lowest BCUT2D eigenvalue weighted by atomic mass is 10.2. The molecule has 1 aliphatic heterocycles. The number of hydrogen-bond acceptors (Lipinski definition) is 4. The predicted octanol–water partition coefficient (Wildman–Crippen LogP) is -0.718. The Kier molecular flexibility index (Phi) is 2.72. The van der Waals surface area contributed by atoms with Gasteiger partial charge < -0.3 is 16.4 Å². The molecule has 1 unspecified atom stereocenters. The third kappa shape index (κ3) is 2.10. The summed E-state index contributed by atoms with van der Waals surface area (Å²) >= 11 is 0. The Morgan fingerprint density at radius 2 is 2.44 bits per heavy atom. The maximum atomic E-state index is 11.8. The maximum absolute atomic E-state index is 11.8. The second-order valence-corrected chi connectivity index (χ2v) is 3.64. The van der Waals surface area contributed by atoms with E-state index in [-0.39, 0.29) is 17.9 Å². The van der Waals surface area contributed by atoms with Crippen molar-refractivity contribution >= 4 is 17.5 Å². The number of carbonyl (C=O) groups excluding carboxylic acids is 2. The highest BCUT2D eigenvalue weighted by atomic mass is 16.2. The zero-order valence-electron chi connectivity index (χ0n) is 8.56. The minimum absolute atomic E-state index is 0.0481. The van der Waals surface area contributed by atoms with E-state index in [4.69, 9.17) is 5.73 Å². The molecule has 2 rings (SSSR count). The van der Waals surface area contributed by atoms with Gasteiger partial charge in [0.2, 0.25) is 5.91 Å². The summed E-state index contributed by atoms with van der Waals surface area (Å²) in [7, 11) is 0. The van der Waals surface area contributed by atoms with Crippen molar-refractivity contribution in [3.8, 4) is 0 Å². The number of aromatic nitrogens is 1. The normalized spacial score (nSPS) is 19.2. The van der Waals surface area contributed by atoms with Crippen LogP contribution in [0.4, 0.5) is 5.69 Å². The zero-order chi connectivity index (χ0) is 11.5. The number of amides is 2. The number of hydrogen-bond donors (Lipinski definition) is 3. The SMILES string of the molecule is Nc1cnccc1C(=O)NC1CNC(=O)C1. The fraction of sp³-hybridized carbons (Fsp3) is 0.300. The van der Waals surface area contributed by atoms with Crippen LogP contribution in [0.1, 0.15) is 16.8 Å². The molecule has 1 aromatic rings. The number of anilines is 1. The molecule has 1 saturated heterocycles. The summed E-state index contributed by atoms with van der Waals surface area (Å²) in [5.41, 5.74) is 6.33. The number of nitrogen functional groups attached to an aromatic ring is 1. The van der Waals surface area contributed by atoms with Crippen LogP contribution in [0.25, 0.3) is 0 Å². The van der Waals surface area contributed by atoms with Crippen LogP contribution in [0.5, 0.6) is 0 Å². The molecule has 4 N–H and O–H groups in total. The highest BCUT2D eigenvalue weighted by molar-refractivity contribution is 5.99. The van der Waals surface area contributed by atoms with Gasteiger partial charge in [0.05, 0.1) is 23.5 Å². The molecule has 6 heteroatoms. The standard InChI is InChI=1S/C10H12N4O2/c11-8-5-12-2-1-7(8)10(16)14-6-3-9(15)13-4-6/h1-2,5-6H,3-4,11H2,(H,13,15)(H,14,16). The average molecular weight is 220 g/mol. The van der Waals surface area contributed by atoms with Crippen molar-refractivity contribution < 1.29 is 9.59 Å². The van der Waals surface area contributed by atoms with Crippen LogP contribution in [0.3, 0.4) is 0 Å². The molecule has 0 aliphatic carbocycles. The highest BCUT2D eigenvalue weighted by Gasteiger charge is 2.23. The molecule has 1 fully saturated rings. The molecule has 6 nitrogen and oxygen atoms in total. The van der Waals surface area contributed by atoms with Crippen molar-refractivity contribution in [1.29, 1.82) is 0 Å². The molecule has 0 saturated carbocycles. The Morgan fingerprint density at radius 3 is 3.06 bits per heavy atom. The molecule has 1 aliphatic rings. The summed E-state index contributed by atoms with van der Waals surface area (Å²) in [4.78, 5) is 26.5. The molecule has 2 amide bonds. The quantitative estimate of drug-likeness (QED) is 0.612. The number of rotatable bonds is 2. The molecule has 0 radical (unpaired) electrons. The van der Waals surface area contributed by atoms with Gasteiger partial charge in [-0.2, -0.15) is 0 Å². The topological polar surface area (TPSA) is 97.1 Å². The van der Waals surface area contributed by atoms with E-state index in [1.54, 1.807) is 6.07 Å². The summed E-state index contributed by atoms with van der Waals surface area (Å²) in [5, 5.41) is 5.38. The molecule has 1 atom stereocenters. The van der Waals surface area contributed by atoms with Gasteiger partial charge in [-0.25, -0.2) is 0 Å². The second-order valence-electron chi connectivity index (χ2n) is 3.64. The van der Waals surface area contributed by atoms with Crippen molar-refractivity contribution in [3.05, 3.63) is 24.0 Å². The maximum Gasteiger partial charge on any atom is 0.253 e. The van der Waals surface area contributed by atoms with Crippen LogP contribution in [-0.4, -0.2) is 29.4 Å². The Morgan fingerprint density at radius 1 is 1.62 bits per heavy atom. The van der Waals surface area contributed by atoms with Gasteiger partial charge in [0.15, 0.2) is 0 Å². The lowest BCUT2D eigenvalue weighted by Crippen LogP contribution is -2.36. The van der Waals surface area contributed by atoms with Gasteiger partial charge in [-0.3, -0.25) is 14.6 Å². The minimum Gasteiger partial charge on any atom is -0.397 e. The monoisotopic (exact) mass is 220 g/mol. The van der Waals surface area contributed by atoms with Crippen molar-refractivity contribution in [2.24, 2.45) is 0 Å². The third-order valence-corrected chi connectivity index (χ3v) is 2.41. The fourth-order valence-corrected chi connectivity index (χ4v) is 1.58. The first-order chi connectivity index (χ1) is 7.66. The predicted molar refractivity (Wildman–Crippen MR) is 57.5 cm³/mol. The van der Waals surface area contributed by atoms with Gasteiger partial charge in [0, 0.05) is 19.2 Å². The van der Waals surface area contributed by atoms with Gasteiger partial charge in [-0.05, 0) is 6.07 Å². The van der Waals surface area contributed by atoms with Crippen LogP contribution in [0.15, 0.2) is 18.5 Å². The van der Waals surface area contributed by atoms with E-state index in [9.17, 15) is 9.59 Å². The van der Waals surface area contributed by atoms with Crippen LogP contribution < -0.4 is 16.4 Å². The number of carbonyl (C=O) groups is 2. The zero-order valence-corrected chi connectivity index (χ0v) is 8.56. The summed E-state index contributed by atoms with van der Waals surface area (Å²) in [5.74, 6) is -0.325. The lowest BCUT2D eigenvalue weighted by Gasteiger charge is -2.11. The van der Waals surface area contributed by atoms with Crippen molar-refractivity contribution in [2.45, 2.75) is 12.5 Å². The summed E-state index contributed by atoms with van der Waals surface area (Å²) < 4.78 is 0. The number of nitrogens with two attached hydrogens (primary N) is 1. The van der Waals surface area contributed by atoms with E-state index in [1.807, 2.05) is 0 Å². The Balaban J connectivity index is 2.03. The largest absolute Gasteiger partial charge is 0.397 e. The second kappa shape index (κ2) is 4.18. The van der Waals surface area contributed by atoms with Gasteiger partial charge >= 0.3 is 0 Å².